The van der Waals surface area contributed by atoms with E-state index in [1.807, 2.05) is 6.07 Å². The first-order valence-corrected chi connectivity index (χ1v) is 5.05. The summed E-state index contributed by atoms with van der Waals surface area (Å²) < 4.78 is 13.7. The molecule has 0 saturated heterocycles. The van der Waals surface area contributed by atoms with Crippen molar-refractivity contribution >= 4 is 21.8 Å². The Morgan fingerprint density at radius 2 is 2.33 bits per heavy atom. The average molecular weight is 271 g/mol. The summed E-state index contributed by atoms with van der Waals surface area (Å²) >= 11 is 3.09. The molecule has 3 nitrogen and oxygen atoms in total. The summed E-state index contributed by atoms with van der Waals surface area (Å²) in [7, 11) is 0. The SMILES string of the molecule is N#CCCNC(=O)c1c(F)cccc1Br. The fourth-order valence-electron chi connectivity index (χ4n) is 1.04. The molecule has 0 spiro atoms. The summed E-state index contributed by atoms with van der Waals surface area (Å²) in [5, 5.41) is 10.7. The Bertz CT molecular complexity index is 394. The molecule has 15 heavy (non-hydrogen) atoms. The molecule has 0 atom stereocenters. The van der Waals surface area contributed by atoms with Crippen molar-refractivity contribution in [2.45, 2.75) is 6.42 Å². The minimum absolute atomic E-state index is 0.0320. The molecule has 1 N–H and O–H groups in total. The number of nitrogens with zero attached hydrogens (tertiary/aromatic N) is 1. The molecule has 1 aromatic rings. The molecule has 0 bridgehead atoms. The van der Waals surface area contributed by atoms with Crippen LogP contribution in [-0.2, 0) is 0 Å². The third-order valence-electron chi connectivity index (χ3n) is 1.71. The Hall–Kier alpha value is -1.41. The van der Waals surface area contributed by atoms with Crippen LogP contribution < -0.4 is 5.32 Å². The van der Waals surface area contributed by atoms with Gasteiger partial charge in [0.25, 0.3) is 5.91 Å². The standard InChI is InChI=1S/C10H8BrFN2O/c11-7-3-1-4-8(12)9(7)10(15)14-6-2-5-13/h1,3-4H,2,6H2,(H,14,15). The number of nitriles is 1. The van der Waals surface area contributed by atoms with Gasteiger partial charge in [0.05, 0.1) is 18.1 Å². The molecule has 0 aromatic heterocycles. The largest absolute Gasteiger partial charge is 0.351 e. The number of nitrogens with one attached hydrogen (secondary N) is 1. The van der Waals surface area contributed by atoms with Crippen molar-refractivity contribution in [1.82, 2.24) is 5.32 Å². The second-order valence-corrected chi connectivity index (χ2v) is 3.62. The first kappa shape index (κ1) is 11.7. The fraction of sp³-hybridized carbons (Fsp3) is 0.200. The predicted molar refractivity (Wildman–Crippen MR) is 56.7 cm³/mol. The lowest BCUT2D eigenvalue weighted by atomic mass is 10.2. The van der Waals surface area contributed by atoms with Gasteiger partial charge in [0, 0.05) is 11.0 Å². The van der Waals surface area contributed by atoms with Crippen LogP contribution in [0, 0.1) is 17.1 Å². The van der Waals surface area contributed by atoms with Gasteiger partial charge in [0.2, 0.25) is 0 Å². The zero-order valence-electron chi connectivity index (χ0n) is 7.76. The number of carbonyl (C=O) groups excluding carboxylic acids is 1. The predicted octanol–water partition coefficient (Wildman–Crippen LogP) is 2.23. The van der Waals surface area contributed by atoms with Crippen LogP contribution in [0.1, 0.15) is 16.8 Å². The highest BCUT2D eigenvalue weighted by molar-refractivity contribution is 9.10. The van der Waals surface area contributed by atoms with Gasteiger partial charge in [0.1, 0.15) is 5.82 Å². The van der Waals surface area contributed by atoms with Gasteiger partial charge in [-0.05, 0) is 28.1 Å². The smallest absolute Gasteiger partial charge is 0.255 e. The molecule has 1 rings (SSSR count). The Kier molecular flexibility index (Phi) is 4.25. The molecule has 0 radical (unpaired) electrons. The molecule has 78 valence electrons. The number of amides is 1. The fourth-order valence-corrected chi connectivity index (χ4v) is 1.56. The van der Waals surface area contributed by atoms with Crippen LogP contribution in [0.4, 0.5) is 4.39 Å². The molecule has 0 aliphatic rings. The molecule has 1 aromatic carbocycles. The summed E-state index contributed by atoms with van der Waals surface area (Å²) in [4.78, 5) is 11.5. The van der Waals surface area contributed by atoms with Crippen molar-refractivity contribution in [2.75, 3.05) is 6.54 Å². The maximum Gasteiger partial charge on any atom is 0.255 e. The van der Waals surface area contributed by atoms with Crippen LogP contribution >= 0.6 is 15.9 Å². The quantitative estimate of drug-likeness (QED) is 0.857. The summed E-state index contributed by atoms with van der Waals surface area (Å²) in [5.74, 6) is -1.10. The molecular weight excluding hydrogens is 263 g/mol. The van der Waals surface area contributed by atoms with E-state index in [9.17, 15) is 9.18 Å². The normalized spacial score (nSPS) is 9.40. The highest BCUT2D eigenvalue weighted by Crippen LogP contribution is 2.19. The van der Waals surface area contributed by atoms with Crippen molar-refractivity contribution in [3.63, 3.8) is 0 Å². The van der Waals surface area contributed by atoms with Gasteiger partial charge in [-0.15, -0.1) is 0 Å². The minimum Gasteiger partial charge on any atom is -0.351 e. The van der Waals surface area contributed by atoms with E-state index in [1.54, 1.807) is 6.07 Å². The average Bonchev–Trinajstić information content (AvgIpc) is 2.18. The summed E-state index contributed by atoms with van der Waals surface area (Å²) in [6.07, 6.45) is 0.206. The number of halogens is 2. The van der Waals surface area contributed by atoms with Crippen LogP contribution in [0.15, 0.2) is 22.7 Å². The van der Waals surface area contributed by atoms with Crippen LogP contribution in [0.2, 0.25) is 0 Å². The first-order valence-electron chi connectivity index (χ1n) is 4.26. The summed E-state index contributed by atoms with van der Waals surface area (Å²) in [5.41, 5.74) is -0.0320. The molecule has 0 aliphatic heterocycles. The van der Waals surface area contributed by atoms with E-state index < -0.39 is 11.7 Å². The summed E-state index contributed by atoms with van der Waals surface area (Å²) in [6, 6.07) is 6.19. The molecule has 0 heterocycles. The van der Waals surface area contributed by atoms with E-state index in [-0.39, 0.29) is 18.5 Å². The van der Waals surface area contributed by atoms with E-state index >= 15 is 0 Å². The third kappa shape index (κ3) is 3.03. The van der Waals surface area contributed by atoms with Crippen LogP contribution in [0.3, 0.4) is 0 Å². The van der Waals surface area contributed by atoms with E-state index in [0.717, 1.165) is 0 Å². The minimum atomic E-state index is -0.584. The highest BCUT2D eigenvalue weighted by Gasteiger charge is 2.14. The monoisotopic (exact) mass is 270 g/mol. The van der Waals surface area contributed by atoms with Crippen molar-refractivity contribution < 1.29 is 9.18 Å². The molecule has 0 aliphatic carbocycles. The Labute approximate surface area is 95.0 Å². The molecule has 1 amide bonds. The van der Waals surface area contributed by atoms with Gasteiger partial charge in [-0.25, -0.2) is 4.39 Å². The second-order valence-electron chi connectivity index (χ2n) is 2.76. The van der Waals surface area contributed by atoms with Crippen LogP contribution in [0.25, 0.3) is 0 Å². The lowest BCUT2D eigenvalue weighted by Crippen LogP contribution is -2.25. The second kappa shape index (κ2) is 5.47. The topological polar surface area (TPSA) is 52.9 Å². The zero-order chi connectivity index (χ0) is 11.3. The molecular formula is C10H8BrFN2O. The molecule has 0 saturated carbocycles. The Morgan fingerprint density at radius 3 is 2.93 bits per heavy atom. The van der Waals surface area contributed by atoms with Crippen molar-refractivity contribution in [3.05, 3.63) is 34.1 Å². The first-order chi connectivity index (χ1) is 7.16. The van der Waals surface area contributed by atoms with Gasteiger partial charge < -0.3 is 5.32 Å². The van der Waals surface area contributed by atoms with Gasteiger partial charge in [0.15, 0.2) is 0 Å². The highest BCUT2D eigenvalue weighted by atomic mass is 79.9. The van der Waals surface area contributed by atoms with Gasteiger partial charge >= 0.3 is 0 Å². The maximum absolute atomic E-state index is 13.3. The van der Waals surface area contributed by atoms with Gasteiger partial charge in [-0.2, -0.15) is 5.26 Å². The maximum atomic E-state index is 13.3. The number of rotatable bonds is 3. The Morgan fingerprint density at radius 1 is 1.60 bits per heavy atom. The van der Waals surface area contributed by atoms with E-state index in [1.165, 1.54) is 12.1 Å². The van der Waals surface area contributed by atoms with E-state index in [2.05, 4.69) is 21.2 Å². The lowest BCUT2D eigenvalue weighted by Gasteiger charge is -2.05. The van der Waals surface area contributed by atoms with Crippen molar-refractivity contribution in [1.29, 1.82) is 5.26 Å². The molecule has 0 unspecified atom stereocenters. The van der Waals surface area contributed by atoms with Gasteiger partial charge in [-0.1, -0.05) is 6.07 Å². The Balaban J connectivity index is 2.78. The number of hydrogen-bond acceptors (Lipinski definition) is 2. The van der Waals surface area contributed by atoms with Crippen LogP contribution in [-0.4, -0.2) is 12.5 Å². The van der Waals surface area contributed by atoms with Crippen molar-refractivity contribution in [2.24, 2.45) is 0 Å². The number of carbonyl (C=O) groups is 1. The van der Waals surface area contributed by atoms with Crippen molar-refractivity contribution in [3.8, 4) is 6.07 Å². The van der Waals surface area contributed by atoms with Gasteiger partial charge in [-0.3, -0.25) is 4.79 Å². The third-order valence-corrected chi connectivity index (χ3v) is 2.37. The lowest BCUT2D eigenvalue weighted by molar-refractivity contribution is 0.0949. The van der Waals surface area contributed by atoms with E-state index in [4.69, 9.17) is 5.26 Å². The molecule has 5 heteroatoms. The zero-order valence-corrected chi connectivity index (χ0v) is 9.34. The number of hydrogen-bond donors (Lipinski definition) is 1. The number of benzene rings is 1. The van der Waals surface area contributed by atoms with E-state index in [0.29, 0.717) is 4.47 Å². The van der Waals surface area contributed by atoms with Crippen LogP contribution in [0.5, 0.6) is 0 Å². The summed E-state index contributed by atoms with van der Waals surface area (Å²) in [6.45, 7) is 0.218. The molecule has 0 fully saturated rings.